The van der Waals surface area contributed by atoms with Crippen LogP contribution in [0.2, 0.25) is 0 Å². The Hall–Kier alpha value is -0.910. The molecule has 2 saturated heterocycles. The minimum atomic E-state index is -3.48. The third kappa shape index (κ3) is 7.37. The van der Waals surface area contributed by atoms with Crippen LogP contribution in [0.4, 0.5) is 0 Å². The molecule has 7 nitrogen and oxygen atoms in total. The molecular formula is C20H34IN5O2S. The number of likely N-dealkylation sites (tertiary alicyclic amines) is 2. The maximum absolute atomic E-state index is 11.2. The van der Waals surface area contributed by atoms with E-state index in [2.05, 4.69) is 50.4 Å². The standard InChI is InChI=1S/C20H33N5O2S.HI/c1-2-22-20(23-11-14-28(21,26)27)25-13-10-19-18(16-25)9-6-12-24(19)15-17-7-4-3-5-8-17;/h3-5,7-8,18-19H,2,6,9-16H2,1H3,(H,22,23)(H2,21,26,27);1H. The fraction of sp³-hybridized carbons (Fsp3) is 0.650. The molecule has 29 heavy (non-hydrogen) atoms. The number of rotatable bonds is 6. The molecule has 0 amide bonds. The number of hydrogen-bond donors (Lipinski definition) is 2. The summed E-state index contributed by atoms with van der Waals surface area (Å²) in [6.45, 7) is 7.09. The average Bonchev–Trinajstić information content (AvgIpc) is 2.67. The van der Waals surface area contributed by atoms with Crippen molar-refractivity contribution >= 4 is 40.0 Å². The average molecular weight is 535 g/mol. The monoisotopic (exact) mass is 535 g/mol. The number of guanidine groups is 1. The van der Waals surface area contributed by atoms with Crippen LogP contribution in [0.25, 0.3) is 0 Å². The summed E-state index contributed by atoms with van der Waals surface area (Å²) < 4.78 is 22.4. The lowest BCUT2D eigenvalue weighted by molar-refractivity contribution is 0.0372. The number of halogens is 1. The van der Waals surface area contributed by atoms with Crippen molar-refractivity contribution in [2.75, 3.05) is 38.5 Å². The van der Waals surface area contributed by atoms with Gasteiger partial charge in [-0.15, -0.1) is 24.0 Å². The van der Waals surface area contributed by atoms with Gasteiger partial charge in [0.1, 0.15) is 0 Å². The van der Waals surface area contributed by atoms with E-state index in [1.807, 2.05) is 6.92 Å². The number of fused-ring (bicyclic) bond motifs is 1. The lowest BCUT2D eigenvalue weighted by atomic mass is 9.83. The molecule has 2 aliphatic rings. The molecule has 164 valence electrons. The van der Waals surface area contributed by atoms with E-state index in [0.717, 1.165) is 38.6 Å². The Balaban J connectivity index is 0.00000300. The van der Waals surface area contributed by atoms with E-state index < -0.39 is 10.0 Å². The third-order valence-electron chi connectivity index (χ3n) is 5.68. The maximum Gasteiger partial charge on any atom is 0.210 e. The molecule has 0 aliphatic carbocycles. The number of nitrogens with one attached hydrogen (secondary N) is 1. The summed E-state index contributed by atoms with van der Waals surface area (Å²) >= 11 is 0. The molecule has 3 N–H and O–H groups in total. The molecule has 0 bridgehead atoms. The molecule has 1 aromatic carbocycles. The second-order valence-electron chi connectivity index (χ2n) is 7.76. The Kier molecular flexibility index (Phi) is 9.64. The molecule has 0 spiro atoms. The van der Waals surface area contributed by atoms with E-state index in [-0.39, 0.29) is 36.3 Å². The van der Waals surface area contributed by atoms with Crippen molar-refractivity contribution in [3.63, 3.8) is 0 Å². The minimum Gasteiger partial charge on any atom is -0.357 e. The lowest BCUT2D eigenvalue weighted by Gasteiger charge is -2.48. The van der Waals surface area contributed by atoms with Crippen LogP contribution < -0.4 is 10.5 Å². The lowest BCUT2D eigenvalue weighted by Crippen LogP contribution is -2.56. The van der Waals surface area contributed by atoms with E-state index in [4.69, 9.17) is 5.14 Å². The topological polar surface area (TPSA) is 91.0 Å². The predicted molar refractivity (Wildman–Crippen MR) is 129 cm³/mol. The van der Waals surface area contributed by atoms with Crippen molar-refractivity contribution in [3.8, 4) is 0 Å². The van der Waals surface area contributed by atoms with Crippen molar-refractivity contribution in [1.29, 1.82) is 0 Å². The van der Waals surface area contributed by atoms with Gasteiger partial charge in [-0.05, 0) is 44.2 Å². The zero-order valence-corrected chi connectivity index (χ0v) is 20.3. The van der Waals surface area contributed by atoms with Gasteiger partial charge >= 0.3 is 0 Å². The fourth-order valence-electron chi connectivity index (χ4n) is 4.42. The molecule has 2 unspecified atom stereocenters. The van der Waals surface area contributed by atoms with E-state index in [9.17, 15) is 8.42 Å². The number of aliphatic imine (C=N–C) groups is 1. The van der Waals surface area contributed by atoms with Crippen molar-refractivity contribution in [2.24, 2.45) is 16.0 Å². The number of hydrogen-bond acceptors (Lipinski definition) is 4. The first-order valence-electron chi connectivity index (χ1n) is 10.3. The molecule has 0 aromatic heterocycles. The molecule has 2 heterocycles. The number of nitrogens with two attached hydrogens (primary N) is 1. The molecule has 3 rings (SSSR count). The molecular weight excluding hydrogens is 501 g/mol. The van der Waals surface area contributed by atoms with E-state index in [1.165, 1.54) is 24.9 Å². The number of benzene rings is 1. The summed E-state index contributed by atoms with van der Waals surface area (Å²) in [5.74, 6) is 1.31. The van der Waals surface area contributed by atoms with Gasteiger partial charge in [0.15, 0.2) is 5.96 Å². The van der Waals surface area contributed by atoms with Gasteiger partial charge < -0.3 is 10.2 Å². The summed E-state index contributed by atoms with van der Waals surface area (Å²) in [5.41, 5.74) is 1.38. The fourth-order valence-corrected chi connectivity index (χ4v) is 4.76. The summed E-state index contributed by atoms with van der Waals surface area (Å²) in [5, 5.41) is 8.42. The van der Waals surface area contributed by atoms with Crippen molar-refractivity contribution in [3.05, 3.63) is 35.9 Å². The molecule has 9 heteroatoms. The normalized spacial score (nSPS) is 23.2. The second-order valence-corrected chi connectivity index (χ2v) is 9.50. The Morgan fingerprint density at radius 3 is 2.69 bits per heavy atom. The van der Waals surface area contributed by atoms with Crippen LogP contribution in [0, 0.1) is 5.92 Å². The molecule has 2 atom stereocenters. The number of primary sulfonamides is 1. The van der Waals surface area contributed by atoms with Gasteiger partial charge in [-0.1, -0.05) is 30.3 Å². The second kappa shape index (κ2) is 11.5. The zero-order chi connectivity index (χ0) is 20.0. The van der Waals surface area contributed by atoms with Crippen LogP contribution in [0.1, 0.15) is 31.7 Å². The van der Waals surface area contributed by atoms with Gasteiger partial charge in [0.25, 0.3) is 0 Å². The van der Waals surface area contributed by atoms with Gasteiger partial charge in [-0.3, -0.25) is 9.89 Å². The van der Waals surface area contributed by atoms with Crippen molar-refractivity contribution in [1.82, 2.24) is 15.1 Å². The summed E-state index contributed by atoms with van der Waals surface area (Å²) in [4.78, 5) is 9.44. The smallest absolute Gasteiger partial charge is 0.210 e. The molecule has 2 aliphatic heterocycles. The maximum atomic E-state index is 11.2. The molecule has 0 radical (unpaired) electrons. The van der Waals surface area contributed by atoms with E-state index in [1.54, 1.807) is 0 Å². The Morgan fingerprint density at radius 2 is 2.00 bits per heavy atom. The number of sulfonamides is 1. The first-order valence-corrected chi connectivity index (χ1v) is 12.0. The van der Waals surface area contributed by atoms with E-state index in [0.29, 0.717) is 12.0 Å². The van der Waals surface area contributed by atoms with Gasteiger partial charge in [-0.2, -0.15) is 0 Å². The highest BCUT2D eigenvalue weighted by atomic mass is 127. The van der Waals surface area contributed by atoms with Gasteiger partial charge in [0.05, 0.1) is 12.3 Å². The quantitative estimate of drug-likeness (QED) is 0.330. The molecule has 2 fully saturated rings. The first kappa shape index (κ1) is 24.4. The predicted octanol–water partition coefficient (Wildman–Crippen LogP) is 1.84. The van der Waals surface area contributed by atoms with Crippen LogP contribution in [0.5, 0.6) is 0 Å². The largest absolute Gasteiger partial charge is 0.357 e. The summed E-state index contributed by atoms with van der Waals surface area (Å²) in [7, 11) is -3.48. The van der Waals surface area contributed by atoms with Crippen LogP contribution in [-0.2, 0) is 16.6 Å². The molecule has 1 aromatic rings. The van der Waals surface area contributed by atoms with Crippen LogP contribution >= 0.6 is 24.0 Å². The first-order chi connectivity index (χ1) is 13.5. The van der Waals surface area contributed by atoms with Gasteiger partial charge in [0, 0.05) is 32.2 Å². The molecule has 0 saturated carbocycles. The van der Waals surface area contributed by atoms with Crippen molar-refractivity contribution in [2.45, 2.75) is 38.8 Å². The zero-order valence-electron chi connectivity index (χ0n) is 17.2. The third-order valence-corrected chi connectivity index (χ3v) is 6.43. The number of nitrogens with zero attached hydrogens (tertiary/aromatic N) is 3. The Bertz CT molecular complexity index is 759. The number of piperidine rings is 2. The van der Waals surface area contributed by atoms with Crippen LogP contribution in [0.15, 0.2) is 35.3 Å². The van der Waals surface area contributed by atoms with Gasteiger partial charge in [0.2, 0.25) is 10.0 Å². The minimum absolute atomic E-state index is 0. The Morgan fingerprint density at radius 1 is 1.24 bits per heavy atom. The highest BCUT2D eigenvalue weighted by Gasteiger charge is 2.36. The summed E-state index contributed by atoms with van der Waals surface area (Å²) in [6, 6.07) is 11.3. The van der Waals surface area contributed by atoms with E-state index >= 15 is 0 Å². The Labute approximate surface area is 192 Å². The highest BCUT2D eigenvalue weighted by molar-refractivity contribution is 14.0. The van der Waals surface area contributed by atoms with Gasteiger partial charge in [-0.25, -0.2) is 13.6 Å². The highest BCUT2D eigenvalue weighted by Crippen LogP contribution is 2.31. The van der Waals surface area contributed by atoms with Crippen LogP contribution in [-0.4, -0.2) is 68.7 Å². The SMILES string of the molecule is CCNC(=NCCS(N)(=O)=O)N1CCC2C(CCCN2Cc2ccccc2)C1.I. The van der Waals surface area contributed by atoms with Crippen molar-refractivity contribution < 1.29 is 8.42 Å². The summed E-state index contributed by atoms with van der Waals surface area (Å²) in [6.07, 6.45) is 3.57. The van der Waals surface area contributed by atoms with Crippen LogP contribution in [0.3, 0.4) is 0 Å².